The maximum absolute atomic E-state index is 10.8. The smallest absolute Gasteiger partial charge is 0.148 e. The quantitative estimate of drug-likeness (QED) is 0.553. The summed E-state index contributed by atoms with van der Waals surface area (Å²) in [5.74, 6) is 2.16. The number of hydrogen-bond acceptors (Lipinski definition) is 3. The van der Waals surface area contributed by atoms with Crippen LogP contribution in [-0.4, -0.2) is 37.3 Å². The zero-order chi connectivity index (χ0) is 9.95. The van der Waals surface area contributed by atoms with Crippen LogP contribution >= 0.6 is 27.7 Å². The molecule has 0 aromatic carbocycles. The maximum Gasteiger partial charge on any atom is 0.148 e. The standard InChI is InChI=1S/C8H15BrO2S2/c1-13(10,11)5-4-12-7-8(6-9)2-3-8/h2-7H2,1H3. The molecule has 0 amide bonds. The van der Waals surface area contributed by atoms with Gasteiger partial charge in [-0.05, 0) is 24.0 Å². The number of rotatable bonds is 6. The summed E-state index contributed by atoms with van der Waals surface area (Å²) in [5, 5.41) is 1.06. The fourth-order valence-electron chi connectivity index (χ4n) is 0.992. The van der Waals surface area contributed by atoms with E-state index in [0.717, 1.165) is 16.8 Å². The molecule has 0 N–H and O–H groups in total. The number of thioether (sulfide) groups is 1. The van der Waals surface area contributed by atoms with Gasteiger partial charge in [-0.25, -0.2) is 8.42 Å². The van der Waals surface area contributed by atoms with E-state index in [1.165, 1.54) is 19.1 Å². The molecule has 0 spiro atoms. The fourth-order valence-corrected chi connectivity index (χ4v) is 4.66. The molecular formula is C8H15BrO2S2. The molecule has 0 heterocycles. The zero-order valence-corrected chi connectivity index (χ0v) is 11.0. The van der Waals surface area contributed by atoms with Crippen LogP contribution in [0.3, 0.4) is 0 Å². The first-order valence-corrected chi connectivity index (χ1v) is 8.63. The van der Waals surface area contributed by atoms with Gasteiger partial charge in [-0.15, -0.1) is 0 Å². The molecule has 78 valence electrons. The Morgan fingerprint density at radius 1 is 1.46 bits per heavy atom. The van der Waals surface area contributed by atoms with E-state index in [-0.39, 0.29) is 0 Å². The second-order valence-electron chi connectivity index (χ2n) is 3.82. The van der Waals surface area contributed by atoms with Crippen LogP contribution in [0, 0.1) is 5.41 Å². The Labute approximate surface area is 92.9 Å². The summed E-state index contributed by atoms with van der Waals surface area (Å²) in [6.07, 6.45) is 3.89. The largest absolute Gasteiger partial charge is 0.229 e. The third-order valence-electron chi connectivity index (χ3n) is 2.25. The maximum atomic E-state index is 10.8. The normalized spacial score (nSPS) is 20.2. The van der Waals surface area contributed by atoms with Gasteiger partial charge in [-0.1, -0.05) is 15.9 Å². The highest BCUT2D eigenvalue weighted by Crippen LogP contribution is 2.49. The van der Waals surface area contributed by atoms with Gasteiger partial charge in [-0.2, -0.15) is 11.8 Å². The molecule has 1 saturated carbocycles. The van der Waals surface area contributed by atoms with Crippen LogP contribution in [0.1, 0.15) is 12.8 Å². The molecule has 1 rings (SSSR count). The van der Waals surface area contributed by atoms with Crippen LogP contribution in [0.4, 0.5) is 0 Å². The summed E-state index contributed by atoms with van der Waals surface area (Å²) < 4.78 is 21.6. The van der Waals surface area contributed by atoms with Crippen LogP contribution in [0.25, 0.3) is 0 Å². The first-order chi connectivity index (χ1) is 5.97. The van der Waals surface area contributed by atoms with Crippen molar-refractivity contribution in [3.8, 4) is 0 Å². The summed E-state index contributed by atoms with van der Waals surface area (Å²) in [6.45, 7) is 0. The monoisotopic (exact) mass is 286 g/mol. The number of hydrogen-bond donors (Lipinski definition) is 0. The van der Waals surface area contributed by atoms with Crippen molar-refractivity contribution in [3.05, 3.63) is 0 Å². The molecule has 0 aromatic heterocycles. The lowest BCUT2D eigenvalue weighted by Gasteiger charge is -2.09. The van der Waals surface area contributed by atoms with E-state index >= 15 is 0 Å². The minimum absolute atomic E-state index is 0.316. The second kappa shape index (κ2) is 4.53. The molecule has 13 heavy (non-hydrogen) atoms. The highest BCUT2D eigenvalue weighted by Gasteiger charge is 2.40. The Kier molecular flexibility index (Phi) is 4.13. The second-order valence-corrected chi connectivity index (χ2v) is 7.74. The van der Waals surface area contributed by atoms with E-state index in [4.69, 9.17) is 0 Å². The minimum Gasteiger partial charge on any atom is -0.229 e. The Balaban J connectivity index is 2.08. The third-order valence-corrected chi connectivity index (χ3v) is 5.95. The molecule has 0 unspecified atom stereocenters. The molecule has 2 nitrogen and oxygen atoms in total. The molecule has 5 heteroatoms. The first kappa shape index (κ1) is 11.9. The molecule has 0 aliphatic heterocycles. The van der Waals surface area contributed by atoms with E-state index < -0.39 is 9.84 Å². The predicted octanol–water partition coefficient (Wildman–Crippen LogP) is 1.94. The Bertz CT molecular complexity index is 257. The molecule has 1 fully saturated rings. The van der Waals surface area contributed by atoms with Gasteiger partial charge in [0.25, 0.3) is 0 Å². The summed E-state index contributed by atoms with van der Waals surface area (Å²) >= 11 is 5.26. The molecular weight excluding hydrogens is 272 g/mol. The van der Waals surface area contributed by atoms with Gasteiger partial charge >= 0.3 is 0 Å². The molecule has 1 aliphatic rings. The summed E-state index contributed by atoms with van der Waals surface area (Å²) in [6, 6.07) is 0. The van der Waals surface area contributed by atoms with Crippen LogP contribution in [0.2, 0.25) is 0 Å². The number of sulfone groups is 1. The van der Waals surface area contributed by atoms with Crippen LogP contribution < -0.4 is 0 Å². The number of halogens is 1. The van der Waals surface area contributed by atoms with Crippen molar-refractivity contribution < 1.29 is 8.42 Å². The lowest BCUT2D eigenvalue weighted by Crippen LogP contribution is -2.09. The van der Waals surface area contributed by atoms with Gasteiger partial charge in [0.2, 0.25) is 0 Å². The Morgan fingerprint density at radius 3 is 2.46 bits per heavy atom. The fraction of sp³-hybridized carbons (Fsp3) is 1.00. The number of alkyl halides is 1. The average molecular weight is 287 g/mol. The van der Waals surface area contributed by atoms with E-state index in [2.05, 4.69) is 15.9 Å². The van der Waals surface area contributed by atoms with Crippen LogP contribution in [-0.2, 0) is 9.84 Å². The third kappa shape index (κ3) is 4.70. The zero-order valence-electron chi connectivity index (χ0n) is 7.75. The van der Waals surface area contributed by atoms with Crippen molar-refractivity contribution in [1.29, 1.82) is 0 Å². The van der Waals surface area contributed by atoms with E-state index in [0.29, 0.717) is 11.2 Å². The summed E-state index contributed by atoms with van der Waals surface area (Å²) in [4.78, 5) is 0. The van der Waals surface area contributed by atoms with Gasteiger partial charge in [0, 0.05) is 17.3 Å². The summed E-state index contributed by atoms with van der Waals surface area (Å²) in [5.41, 5.74) is 0.502. The Hall–Kier alpha value is 0.780. The van der Waals surface area contributed by atoms with Crippen molar-refractivity contribution >= 4 is 37.5 Å². The van der Waals surface area contributed by atoms with Crippen molar-refractivity contribution in [3.63, 3.8) is 0 Å². The minimum atomic E-state index is -2.76. The SMILES string of the molecule is CS(=O)(=O)CCSCC1(CBr)CC1. The summed E-state index contributed by atoms with van der Waals surface area (Å²) in [7, 11) is -2.76. The van der Waals surface area contributed by atoms with Crippen molar-refractivity contribution in [2.45, 2.75) is 12.8 Å². The van der Waals surface area contributed by atoms with Crippen molar-refractivity contribution in [2.75, 3.05) is 28.8 Å². The molecule has 1 aliphatic carbocycles. The Morgan fingerprint density at radius 2 is 2.08 bits per heavy atom. The van der Waals surface area contributed by atoms with Gasteiger partial charge in [0.1, 0.15) is 9.84 Å². The highest BCUT2D eigenvalue weighted by atomic mass is 79.9. The van der Waals surface area contributed by atoms with E-state index in [1.54, 1.807) is 11.8 Å². The topological polar surface area (TPSA) is 34.1 Å². The van der Waals surface area contributed by atoms with E-state index in [1.807, 2.05) is 0 Å². The average Bonchev–Trinajstić information content (AvgIpc) is 2.78. The lowest BCUT2D eigenvalue weighted by atomic mass is 10.2. The first-order valence-electron chi connectivity index (χ1n) is 4.29. The van der Waals surface area contributed by atoms with E-state index in [9.17, 15) is 8.42 Å². The predicted molar refractivity (Wildman–Crippen MR) is 62.5 cm³/mol. The van der Waals surface area contributed by atoms with Crippen LogP contribution in [0.5, 0.6) is 0 Å². The molecule has 0 radical (unpaired) electrons. The van der Waals surface area contributed by atoms with Crippen molar-refractivity contribution in [2.24, 2.45) is 5.41 Å². The van der Waals surface area contributed by atoms with Gasteiger partial charge in [0.15, 0.2) is 0 Å². The lowest BCUT2D eigenvalue weighted by molar-refractivity contribution is 0.603. The van der Waals surface area contributed by atoms with Gasteiger partial charge < -0.3 is 0 Å². The molecule has 0 saturated heterocycles. The van der Waals surface area contributed by atoms with Gasteiger partial charge in [0.05, 0.1) is 5.75 Å². The van der Waals surface area contributed by atoms with Crippen molar-refractivity contribution in [1.82, 2.24) is 0 Å². The highest BCUT2D eigenvalue weighted by molar-refractivity contribution is 9.09. The molecule has 0 atom stereocenters. The van der Waals surface area contributed by atoms with Gasteiger partial charge in [-0.3, -0.25) is 0 Å². The molecule has 0 aromatic rings. The molecule has 0 bridgehead atoms. The van der Waals surface area contributed by atoms with Crippen LogP contribution in [0.15, 0.2) is 0 Å².